The Balaban J connectivity index is 3.07. The molecule has 0 saturated heterocycles. The number of hydrogen-bond acceptors (Lipinski definition) is 2. The average molecular weight is 175 g/mol. The van der Waals surface area contributed by atoms with Gasteiger partial charge in [0.05, 0.1) is 0 Å². The summed E-state index contributed by atoms with van der Waals surface area (Å²) in [6.07, 6.45) is 3.93. The van der Waals surface area contributed by atoms with Crippen LogP contribution in [0.2, 0.25) is 0 Å². The first-order chi connectivity index (χ1) is 5.35. The summed E-state index contributed by atoms with van der Waals surface area (Å²) >= 11 is 2.07. The zero-order valence-electron chi connectivity index (χ0n) is 8.02. The maximum Gasteiger partial charge on any atom is 0.0152 e. The third kappa shape index (κ3) is 6.70. The molecule has 0 spiro atoms. The maximum absolute atomic E-state index is 3.31. The lowest BCUT2D eigenvalue weighted by Crippen LogP contribution is -2.26. The Hall–Kier alpha value is 0.310. The molecule has 0 aliphatic carbocycles. The molecular weight excluding hydrogens is 154 g/mol. The summed E-state index contributed by atoms with van der Waals surface area (Å²) in [5.74, 6) is 2.60. The van der Waals surface area contributed by atoms with Crippen LogP contribution in [-0.4, -0.2) is 24.6 Å². The van der Waals surface area contributed by atoms with Gasteiger partial charge in [-0.3, -0.25) is 0 Å². The number of nitrogens with one attached hydrogen (secondary N) is 1. The fourth-order valence-electron chi connectivity index (χ4n) is 0.877. The van der Waals surface area contributed by atoms with E-state index in [0.29, 0.717) is 0 Å². The Morgan fingerprint density at radius 1 is 1.36 bits per heavy atom. The quantitative estimate of drug-likeness (QED) is 0.597. The Morgan fingerprint density at radius 2 is 2.09 bits per heavy atom. The molecule has 0 aromatic rings. The van der Waals surface area contributed by atoms with Crippen LogP contribution in [0.1, 0.15) is 33.1 Å². The topological polar surface area (TPSA) is 12.0 Å². The van der Waals surface area contributed by atoms with Crippen LogP contribution in [0.4, 0.5) is 0 Å². The third-order valence-corrected chi connectivity index (χ3v) is 3.08. The molecule has 0 rings (SSSR count). The predicted octanol–water partition coefficient (Wildman–Crippen LogP) is 2.52. The molecule has 0 heterocycles. The second-order valence-corrected chi connectivity index (χ2v) is 3.97. The van der Waals surface area contributed by atoms with Crippen molar-refractivity contribution in [1.29, 1.82) is 0 Å². The lowest BCUT2D eigenvalue weighted by molar-refractivity contribution is 0.601. The van der Waals surface area contributed by atoms with Gasteiger partial charge in [-0.15, -0.1) is 0 Å². The lowest BCUT2D eigenvalue weighted by Gasteiger charge is -2.12. The van der Waals surface area contributed by atoms with Crippen molar-refractivity contribution < 1.29 is 0 Å². The number of unbranched alkanes of at least 4 members (excludes halogenated alkanes) is 1. The highest BCUT2D eigenvalue weighted by Crippen LogP contribution is 2.07. The largest absolute Gasteiger partial charge is 0.316 e. The summed E-state index contributed by atoms with van der Waals surface area (Å²) in [6, 6.07) is 0.719. The highest BCUT2D eigenvalue weighted by Gasteiger charge is 2.00. The van der Waals surface area contributed by atoms with E-state index in [4.69, 9.17) is 0 Å². The molecule has 0 aromatic heterocycles. The molecule has 0 aromatic carbocycles. The summed E-state index contributed by atoms with van der Waals surface area (Å²) < 4.78 is 0. The van der Waals surface area contributed by atoms with E-state index in [-0.39, 0.29) is 0 Å². The van der Waals surface area contributed by atoms with Crippen molar-refractivity contribution in [3.63, 3.8) is 0 Å². The van der Waals surface area contributed by atoms with Crippen molar-refractivity contribution in [3.05, 3.63) is 0 Å². The minimum atomic E-state index is 0.719. The van der Waals surface area contributed by atoms with Crippen LogP contribution in [0.5, 0.6) is 0 Å². The highest BCUT2D eigenvalue weighted by atomic mass is 32.2. The van der Waals surface area contributed by atoms with Crippen molar-refractivity contribution >= 4 is 11.8 Å². The zero-order chi connectivity index (χ0) is 8.53. The van der Waals surface area contributed by atoms with Crippen molar-refractivity contribution in [2.45, 2.75) is 39.2 Å². The number of rotatable bonds is 7. The van der Waals surface area contributed by atoms with Crippen LogP contribution in [0.3, 0.4) is 0 Å². The van der Waals surface area contributed by atoms with Gasteiger partial charge in [-0.25, -0.2) is 0 Å². The highest BCUT2D eigenvalue weighted by molar-refractivity contribution is 7.99. The van der Waals surface area contributed by atoms with Gasteiger partial charge in [0.2, 0.25) is 0 Å². The van der Waals surface area contributed by atoms with Crippen LogP contribution in [0.15, 0.2) is 0 Å². The Morgan fingerprint density at radius 3 is 2.55 bits per heavy atom. The van der Waals surface area contributed by atoms with Gasteiger partial charge in [0.25, 0.3) is 0 Å². The second-order valence-electron chi connectivity index (χ2n) is 2.82. The Kier molecular flexibility index (Phi) is 8.64. The van der Waals surface area contributed by atoms with Gasteiger partial charge in [-0.2, -0.15) is 11.8 Å². The van der Waals surface area contributed by atoms with E-state index in [9.17, 15) is 0 Å². The normalized spacial score (nSPS) is 13.4. The second kappa shape index (κ2) is 8.41. The van der Waals surface area contributed by atoms with Crippen molar-refractivity contribution in [2.75, 3.05) is 18.6 Å². The van der Waals surface area contributed by atoms with E-state index in [1.165, 1.54) is 30.8 Å². The fraction of sp³-hybridized carbons (Fsp3) is 1.00. The average Bonchev–Trinajstić information content (AvgIpc) is 2.05. The minimum Gasteiger partial charge on any atom is -0.316 e. The summed E-state index contributed by atoms with van der Waals surface area (Å²) in [5.41, 5.74) is 0. The monoisotopic (exact) mass is 175 g/mol. The third-order valence-electron chi connectivity index (χ3n) is 1.86. The first kappa shape index (κ1) is 11.3. The lowest BCUT2D eigenvalue weighted by atomic mass is 10.3. The van der Waals surface area contributed by atoms with Crippen molar-refractivity contribution in [2.24, 2.45) is 0 Å². The van der Waals surface area contributed by atoms with Gasteiger partial charge in [0, 0.05) is 11.8 Å². The molecular formula is C9H21NS. The molecule has 0 radical (unpaired) electrons. The van der Waals surface area contributed by atoms with E-state index in [1.54, 1.807) is 0 Å². The van der Waals surface area contributed by atoms with Crippen molar-refractivity contribution in [3.8, 4) is 0 Å². The molecule has 68 valence electrons. The molecule has 0 aliphatic rings. The molecule has 11 heavy (non-hydrogen) atoms. The van der Waals surface area contributed by atoms with E-state index >= 15 is 0 Å². The SMILES string of the molecule is CCCCSCC(CC)NC. The number of thioether (sulfide) groups is 1. The summed E-state index contributed by atoms with van der Waals surface area (Å²) in [7, 11) is 2.05. The molecule has 0 bridgehead atoms. The van der Waals surface area contributed by atoms with Gasteiger partial charge in [-0.1, -0.05) is 20.3 Å². The van der Waals surface area contributed by atoms with Gasteiger partial charge >= 0.3 is 0 Å². The van der Waals surface area contributed by atoms with Crippen molar-refractivity contribution in [1.82, 2.24) is 5.32 Å². The summed E-state index contributed by atoms with van der Waals surface area (Å²) in [6.45, 7) is 4.48. The van der Waals surface area contributed by atoms with Crippen LogP contribution in [0.25, 0.3) is 0 Å². The van der Waals surface area contributed by atoms with Crippen LogP contribution >= 0.6 is 11.8 Å². The molecule has 1 atom stereocenters. The minimum absolute atomic E-state index is 0.719. The molecule has 0 amide bonds. The van der Waals surface area contributed by atoms with E-state index in [2.05, 4.69) is 38.0 Å². The predicted molar refractivity (Wildman–Crippen MR) is 55.4 cm³/mol. The molecule has 1 N–H and O–H groups in total. The van der Waals surface area contributed by atoms with E-state index in [0.717, 1.165) is 6.04 Å². The van der Waals surface area contributed by atoms with Crippen LogP contribution in [0, 0.1) is 0 Å². The molecule has 0 fully saturated rings. The Bertz CT molecular complexity index is 72.0. The smallest absolute Gasteiger partial charge is 0.0152 e. The van der Waals surface area contributed by atoms with Crippen LogP contribution in [-0.2, 0) is 0 Å². The number of hydrogen-bond donors (Lipinski definition) is 1. The van der Waals surface area contributed by atoms with Gasteiger partial charge in [-0.05, 0) is 25.6 Å². The first-order valence-electron chi connectivity index (χ1n) is 4.60. The molecule has 1 unspecified atom stereocenters. The zero-order valence-corrected chi connectivity index (χ0v) is 8.84. The van der Waals surface area contributed by atoms with Gasteiger partial charge in [0.1, 0.15) is 0 Å². The first-order valence-corrected chi connectivity index (χ1v) is 5.75. The molecule has 1 nitrogen and oxygen atoms in total. The maximum atomic E-state index is 3.31. The standard InChI is InChI=1S/C9H21NS/c1-4-6-7-11-8-9(5-2)10-3/h9-10H,4-8H2,1-3H3. The van der Waals surface area contributed by atoms with E-state index < -0.39 is 0 Å². The van der Waals surface area contributed by atoms with Gasteiger partial charge in [0.15, 0.2) is 0 Å². The van der Waals surface area contributed by atoms with Crippen LogP contribution < -0.4 is 5.32 Å². The summed E-state index contributed by atoms with van der Waals surface area (Å²) in [4.78, 5) is 0. The molecule has 0 saturated carbocycles. The fourth-order valence-corrected chi connectivity index (χ4v) is 2.22. The van der Waals surface area contributed by atoms with Gasteiger partial charge < -0.3 is 5.32 Å². The molecule has 2 heteroatoms. The van der Waals surface area contributed by atoms with E-state index in [1.807, 2.05) is 0 Å². The Labute approximate surface area is 75.3 Å². The molecule has 0 aliphatic heterocycles. The summed E-state index contributed by atoms with van der Waals surface area (Å²) in [5, 5.41) is 3.31.